The standard InChI is InChI=1S/C10H18N2O2S/c1-5-6-7-15-10(2,3)8-12-14-9(13)11-4/h5,8H,1,6-7H2,2-4H3,(H,11,13). The maximum atomic E-state index is 10.7. The van der Waals surface area contributed by atoms with Gasteiger partial charge in [-0.1, -0.05) is 11.2 Å². The van der Waals surface area contributed by atoms with Crippen molar-refractivity contribution in [1.82, 2.24) is 5.32 Å². The maximum Gasteiger partial charge on any atom is 0.433 e. The van der Waals surface area contributed by atoms with Gasteiger partial charge < -0.3 is 5.32 Å². The van der Waals surface area contributed by atoms with E-state index in [1.165, 1.54) is 7.05 Å². The van der Waals surface area contributed by atoms with Crippen molar-refractivity contribution in [3.63, 3.8) is 0 Å². The predicted octanol–water partition coefficient (Wildman–Crippen LogP) is 2.42. The van der Waals surface area contributed by atoms with Crippen molar-refractivity contribution < 1.29 is 9.63 Å². The first-order chi connectivity index (χ1) is 7.02. The Labute approximate surface area is 95.1 Å². The van der Waals surface area contributed by atoms with E-state index in [9.17, 15) is 4.79 Å². The number of carbonyl (C=O) groups is 1. The van der Waals surface area contributed by atoms with Gasteiger partial charge in [0.25, 0.3) is 0 Å². The fourth-order valence-electron chi connectivity index (χ4n) is 0.689. The molecule has 0 radical (unpaired) electrons. The Morgan fingerprint density at radius 3 is 2.87 bits per heavy atom. The smallest absolute Gasteiger partial charge is 0.323 e. The summed E-state index contributed by atoms with van der Waals surface area (Å²) >= 11 is 1.73. The molecule has 0 fully saturated rings. The predicted molar refractivity (Wildman–Crippen MR) is 65.4 cm³/mol. The molecule has 0 saturated carbocycles. The first kappa shape index (κ1) is 14.0. The Morgan fingerprint density at radius 2 is 2.33 bits per heavy atom. The second-order valence-electron chi connectivity index (χ2n) is 3.39. The monoisotopic (exact) mass is 230 g/mol. The molecule has 0 saturated heterocycles. The van der Waals surface area contributed by atoms with Crippen LogP contribution in [-0.2, 0) is 4.84 Å². The molecule has 5 heteroatoms. The minimum Gasteiger partial charge on any atom is -0.323 e. The highest BCUT2D eigenvalue weighted by atomic mass is 32.2. The van der Waals surface area contributed by atoms with Crippen LogP contribution in [0, 0.1) is 0 Å². The number of amides is 1. The Kier molecular flexibility index (Phi) is 6.86. The summed E-state index contributed by atoms with van der Waals surface area (Å²) in [7, 11) is 1.49. The molecule has 0 aliphatic carbocycles. The van der Waals surface area contributed by atoms with Gasteiger partial charge in [0, 0.05) is 11.8 Å². The molecule has 0 aromatic rings. The van der Waals surface area contributed by atoms with E-state index in [4.69, 9.17) is 0 Å². The summed E-state index contributed by atoms with van der Waals surface area (Å²) in [5.74, 6) is 0.975. The van der Waals surface area contributed by atoms with E-state index in [2.05, 4.69) is 21.9 Å². The van der Waals surface area contributed by atoms with Gasteiger partial charge >= 0.3 is 6.09 Å². The zero-order chi connectivity index (χ0) is 11.7. The molecule has 1 N–H and O–H groups in total. The third-order valence-corrected chi connectivity index (χ3v) is 2.79. The lowest BCUT2D eigenvalue weighted by atomic mass is 10.2. The lowest BCUT2D eigenvalue weighted by Gasteiger charge is -2.17. The van der Waals surface area contributed by atoms with Crippen molar-refractivity contribution in [3.05, 3.63) is 12.7 Å². The molecule has 1 amide bonds. The molecule has 0 heterocycles. The van der Waals surface area contributed by atoms with Gasteiger partial charge in [-0.15, -0.1) is 18.3 Å². The number of thioether (sulfide) groups is 1. The van der Waals surface area contributed by atoms with E-state index in [0.717, 1.165) is 12.2 Å². The van der Waals surface area contributed by atoms with Crippen LogP contribution in [-0.4, -0.2) is 29.9 Å². The Bertz CT molecular complexity index is 240. The Balaban J connectivity index is 3.89. The second kappa shape index (κ2) is 7.34. The molecule has 0 aliphatic rings. The normalized spacial score (nSPS) is 11.4. The Hall–Kier alpha value is -0.970. The number of nitrogens with one attached hydrogen (secondary N) is 1. The van der Waals surface area contributed by atoms with Crippen LogP contribution in [0.4, 0.5) is 4.79 Å². The van der Waals surface area contributed by atoms with Crippen molar-refractivity contribution in [3.8, 4) is 0 Å². The average Bonchev–Trinajstić information content (AvgIpc) is 2.17. The molecule has 0 bridgehead atoms. The van der Waals surface area contributed by atoms with Gasteiger partial charge in [0.2, 0.25) is 0 Å². The van der Waals surface area contributed by atoms with Crippen LogP contribution in [0.3, 0.4) is 0 Å². The molecular weight excluding hydrogens is 212 g/mol. The van der Waals surface area contributed by atoms with Gasteiger partial charge in [-0.25, -0.2) is 4.79 Å². The first-order valence-corrected chi connectivity index (χ1v) is 5.68. The van der Waals surface area contributed by atoms with E-state index in [1.807, 2.05) is 19.9 Å². The van der Waals surface area contributed by atoms with Gasteiger partial charge in [-0.2, -0.15) is 0 Å². The molecular formula is C10H18N2O2S. The van der Waals surface area contributed by atoms with Crippen molar-refractivity contribution >= 4 is 24.1 Å². The molecule has 0 atom stereocenters. The number of rotatable bonds is 6. The first-order valence-electron chi connectivity index (χ1n) is 4.70. The molecule has 0 aliphatic heterocycles. The molecule has 86 valence electrons. The summed E-state index contributed by atoms with van der Waals surface area (Å²) in [6, 6.07) is 0. The molecule has 15 heavy (non-hydrogen) atoms. The molecule has 4 nitrogen and oxygen atoms in total. The third-order valence-electron chi connectivity index (χ3n) is 1.50. The third kappa shape index (κ3) is 8.05. The average molecular weight is 230 g/mol. The van der Waals surface area contributed by atoms with E-state index in [-0.39, 0.29) is 4.75 Å². The van der Waals surface area contributed by atoms with Gasteiger partial charge in [0.15, 0.2) is 0 Å². The van der Waals surface area contributed by atoms with Crippen LogP contribution >= 0.6 is 11.8 Å². The quantitative estimate of drug-likeness (QED) is 0.251. The van der Waals surface area contributed by atoms with Crippen LogP contribution in [0.15, 0.2) is 17.8 Å². The van der Waals surface area contributed by atoms with E-state index >= 15 is 0 Å². The molecule has 0 aromatic carbocycles. The molecule has 0 unspecified atom stereocenters. The second-order valence-corrected chi connectivity index (χ2v) is 5.14. The lowest BCUT2D eigenvalue weighted by Crippen LogP contribution is -2.20. The van der Waals surface area contributed by atoms with E-state index in [1.54, 1.807) is 18.0 Å². The summed E-state index contributed by atoms with van der Waals surface area (Å²) < 4.78 is -0.142. The van der Waals surface area contributed by atoms with Crippen LogP contribution in [0.5, 0.6) is 0 Å². The zero-order valence-electron chi connectivity index (χ0n) is 9.45. The summed E-state index contributed by atoms with van der Waals surface area (Å²) in [4.78, 5) is 15.2. The lowest BCUT2D eigenvalue weighted by molar-refractivity contribution is 0.153. The minimum atomic E-state index is -0.557. The highest BCUT2D eigenvalue weighted by Gasteiger charge is 2.15. The number of hydrogen-bond donors (Lipinski definition) is 1. The number of carbonyl (C=O) groups excluding carboxylic acids is 1. The van der Waals surface area contributed by atoms with Gasteiger partial charge in [-0.3, -0.25) is 4.84 Å². The highest BCUT2D eigenvalue weighted by molar-refractivity contribution is 8.01. The Morgan fingerprint density at radius 1 is 1.67 bits per heavy atom. The number of oxime groups is 1. The molecule has 0 spiro atoms. The van der Waals surface area contributed by atoms with Gasteiger partial charge in [0.1, 0.15) is 0 Å². The summed E-state index contributed by atoms with van der Waals surface area (Å²) in [6.07, 6.45) is 3.90. The van der Waals surface area contributed by atoms with Crippen molar-refractivity contribution in [2.75, 3.05) is 12.8 Å². The zero-order valence-corrected chi connectivity index (χ0v) is 10.3. The molecule has 0 rings (SSSR count). The van der Waals surface area contributed by atoms with Crippen LogP contribution in [0.2, 0.25) is 0 Å². The number of nitrogens with zero attached hydrogens (tertiary/aromatic N) is 1. The largest absolute Gasteiger partial charge is 0.433 e. The van der Waals surface area contributed by atoms with Crippen molar-refractivity contribution in [1.29, 1.82) is 0 Å². The van der Waals surface area contributed by atoms with Crippen LogP contribution < -0.4 is 5.32 Å². The van der Waals surface area contributed by atoms with Crippen molar-refractivity contribution in [2.24, 2.45) is 5.16 Å². The fraction of sp³-hybridized carbons (Fsp3) is 0.600. The van der Waals surface area contributed by atoms with Crippen molar-refractivity contribution in [2.45, 2.75) is 25.0 Å². The number of allylic oxidation sites excluding steroid dienone is 1. The number of hydrogen-bond acceptors (Lipinski definition) is 4. The SMILES string of the molecule is C=CCCSC(C)(C)C=NOC(=O)NC. The molecule has 0 aromatic heterocycles. The van der Waals surface area contributed by atoms with Gasteiger partial charge in [0.05, 0.1) is 6.21 Å². The topological polar surface area (TPSA) is 50.7 Å². The minimum absolute atomic E-state index is 0.142. The maximum absolute atomic E-state index is 10.7. The summed E-state index contributed by atoms with van der Waals surface area (Å²) in [6.45, 7) is 7.67. The van der Waals surface area contributed by atoms with E-state index < -0.39 is 6.09 Å². The summed E-state index contributed by atoms with van der Waals surface area (Å²) in [5, 5.41) is 5.92. The fourth-order valence-corrected chi connectivity index (χ4v) is 1.62. The summed E-state index contributed by atoms with van der Waals surface area (Å²) in [5.41, 5.74) is 0. The highest BCUT2D eigenvalue weighted by Crippen LogP contribution is 2.22. The van der Waals surface area contributed by atoms with Crippen LogP contribution in [0.25, 0.3) is 0 Å². The van der Waals surface area contributed by atoms with E-state index in [0.29, 0.717) is 0 Å². The van der Waals surface area contributed by atoms with Gasteiger partial charge in [-0.05, 0) is 26.0 Å². The van der Waals surface area contributed by atoms with Crippen LogP contribution in [0.1, 0.15) is 20.3 Å².